The Kier molecular flexibility index (Phi) is 5.92. The van der Waals surface area contributed by atoms with Gasteiger partial charge in [-0.1, -0.05) is 12.8 Å². The van der Waals surface area contributed by atoms with Crippen molar-refractivity contribution >= 4 is 21.6 Å². The average Bonchev–Trinajstić information content (AvgIpc) is 3.29. The summed E-state index contributed by atoms with van der Waals surface area (Å²) in [6.07, 6.45) is 7.20. The van der Waals surface area contributed by atoms with Gasteiger partial charge in [-0.15, -0.1) is 0 Å². The van der Waals surface area contributed by atoms with E-state index in [0.29, 0.717) is 18.6 Å². The number of anilines is 1. The highest BCUT2D eigenvalue weighted by Crippen LogP contribution is 2.30. The Balaban J connectivity index is 1.74. The molecular weight excluding hydrogens is 368 g/mol. The number of rotatable bonds is 6. The average molecular weight is 397 g/mol. The normalized spacial score (nSPS) is 21.5. The van der Waals surface area contributed by atoms with Gasteiger partial charge in [0, 0.05) is 24.7 Å². The van der Waals surface area contributed by atoms with Crippen molar-refractivity contribution < 1.29 is 17.9 Å². The van der Waals surface area contributed by atoms with Gasteiger partial charge in [0.2, 0.25) is 10.0 Å². The number of likely N-dealkylation sites (tertiary alicyclic amines) is 1. The third-order valence-electron chi connectivity index (χ3n) is 5.60. The van der Waals surface area contributed by atoms with E-state index >= 15 is 0 Å². The first-order valence-electron chi connectivity index (χ1n) is 9.35. The molecule has 0 radical (unpaired) electrons. The molecular formula is C18H28N4O4S. The lowest BCUT2D eigenvalue weighted by Gasteiger charge is -2.30. The number of carbonyl (C=O) groups is 1. The number of methoxy groups -OCH3 is 1. The first kappa shape index (κ1) is 19.9. The van der Waals surface area contributed by atoms with E-state index < -0.39 is 15.9 Å². The van der Waals surface area contributed by atoms with Gasteiger partial charge in [0.25, 0.3) is 5.91 Å². The van der Waals surface area contributed by atoms with Gasteiger partial charge in [0.05, 0.1) is 18.4 Å². The molecule has 1 heterocycles. The highest BCUT2D eigenvalue weighted by molar-refractivity contribution is 7.89. The minimum atomic E-state index is -4.03. The van der Waals surface area contributed by atoms with Crippen molar-refractivity contribution in [3.8, 4) is 5.75 Å². The van der Waals surface area contributed by atoms with E-state index in [2.05, 4.69) is 10.2 Å². The molecule has 1 amide bonds. The SMILES string of the molecule is COc1cc(N)c(S(N)(=O)=O)cc1C(=O)NCC1CCCN1C1CCCC1. The molecule has 5 N–H and O–H groups in total. The van der Waals surface area contributed by atoms with Crippen LogP contribution in [0.25, 0.3) is 0 Å². The van der Waals surface area contributed by atoms with Crippen LogP contribution in [-0.4, -0.2) is 51.5 Å². The van der Waals surface area contributed by atoms with E-state index in [9.17, 15) is 13.2 Å². The van der Waals surface area contributed by atoms with Crippen LogP contribution in [0, 0.1) is 0 Å². The number of nitrogens with zero attached hydrogens (tertiary/aromatic N) is 1. The number of hydrogen-bond donors (Lipinski definition) is 3. The largest absolute Gasteiger partial charge is 0.496 e. The maximum atomic E-state index is 12.7. The van der Waals surface area contributed by atoms with Gasteiger partial charge in [0.15, 0.2) is 0 Å². The molecule has 1 unspecified atom stereocenters. The number of benzene rings is 1. The van der Waals surface area contributed by atoms with Gasteiger partial charge in [0.1, 0.15) is 10.6 Å². The van der Waals surface area contributed by atoms with Crippen LogP contribution in [0.4, 0.5) is 5.69 Å². The molecule has 0 aromatic heterocycles. The van der Waals surface area contributed by atoms with Crippen molar-refractivity contribution in [2.45, 2.75) is 55.5 Å². The zero-order chi connectivity index (χ0) is 19.6. The van der Waals surface area contributed by atoms with Crippen molar-refractivity contribution in [3.05, 3.63) is 17.7 Å². The lowest BCUT2D eigenvalue weighted by molar-refractivity contribution is 0.0928. The van der Waals surface area contributed by atoms with E-state index in [1.807, 2.05) is 0 Å². The minimum Gasteiger partial charge on any atom is -0.496 e. The lowest BCUT2D eigenvalue weighted by atomic mass is 10.1. The third kappa shape index (κ3) is 4.36. The molecule has 1 aromatic carbocycles. The predicted octanol–water partition coefficient (Wildman–Crippen LogP) is 1.06. The van der Waals surface area contributed by atoms with Gasteiger partial charge in [-0.25, -0.2) is 13.6 Å². The van der Waals surface area contributed by atoms with Crippen molar-refractivity contribution in [2.75, 3.05) is 25.9 Å². The Morgan fingerprint density at radius 1 is 1.26 bits per heavy atom. The Morgan fingerprint density at radius 2 is 1.96 bits per heavy atom. The quantitative estimate of drug-likeness (QED) is 0.617. The second kappa shape index (κ2) is 8.04. The molecule has 0 bridgehead atoms. The van der Waals surface area contributed by atoms with E-state index in [-0.39, 0.29) is 21.9 Å². The monoisotopic (exact) mass is 396 g/mol. The number of nitrogens with two attached hydrogens (primary N) is 2. The molecule has 3 rings (SSSR count). The molecule has 1 saturated heterocycles. The smallest absolute Gasteiger partial charge is 0.255 e. The number of nitrogens with one attached hydrogen (secondary N) is 1. The maximum absolute atomic E-state index is 12.7. The Labute approximate surface area is 160 Å². The van der Waals surface area contributed by atoms with E-state index in [0.717, 1.165) is 19.4 Å². The van der Waals surface area contributed by atoms with Gasteiger partial charge in [-0.05, 0) is 38.3 Å². The number of sulfonamides is 1. The molecule has 8 nitrogen and oxygen atoms in total. The van der Waals surface area contributed by atoms with Crippen molar-refractivity contribution in [3.63, 3.8) is 0 Å². The zero-order valence-corrected chi connectivity index (χ0v) is 16.4. The molecule has 1 aliphatic heterocycles. The second-order valence-electron chi connectivity index (χ2n) is 7.32. The summed E-state index contributed by atoms with van der Waals surface area (Å²) in [5, 5.41) is 8.12. The molecule has 2 aliphatic rings. The van der Waals surface area contributed by atoms with E-state index in [4.69, 9.17) is 15.6 Å². The number of hydrogen-bond acceptors (Lipinski definition) is 6. The van der Waals surface area contributed by atoms with E-state index in [1.54, 1.807) is 0 Å². The number of nitrogen functional groups attached to an aromatic ring is 1. The molecule has 27 heavy (non-hydrogen) atoms. The van der Waals surface area contributed by atoms with E-state index in [1.165, 1.54) is 44.9 Å². The molecule has 2 fully saturated rings. The van der Waals surface area contributed by atoms with Crippen molar-refractivity contribution in [1.82, 2.24) is 10.2 Å². The van der Waals surface area contributed by atoms with Crippen molar-refractivity contribution in [2.24, 2.45) is 5.14 Å². The molecule has 1 atom stereocenters. The predicted molar refractivity (Wildman–Crippen MR) is 103 cm³/mol. The molecule has 9 heteroatoms. The van der Waals surface area contributed by atoms with Gasteiger partial charge < -0.3 is 15.8 Å². The maximum Gasteiger partial charge on any atom is 0.255 e. The van der Waals surface area contributed by atoms with Gasteiger partial charge >= 0.3 is 0 Å². The molecule has 1 saturated carbocycles. The summed E-state index contributed by atoms with van der Waals surface area (Å²) in [5.74, 6) is -0.175. The second-order valence-corrected chi connectivity index (χ2v) is 8.85. The fourth-order valence-electron chi connectivity index (χ4n) is 4.27. The summed E-state index contributed by atoms with van der Waals surface area (Å²) in [6.45, 7) is 1.60. The summed E-state index contributed by atoms with van der Waals surface area (Å²) < 4.78 is 28.6. The van der Waals surface area contributed by atoms with Crippen LogP contribution in [0.15, 0.2) is 17.0 Å². The third-order valence-corrected chi connectivity index (χ3v) is 6.56. The first-order valence-corrected chi connectivity index (χ1v) is 10.9. The summed E-state index contributed by atoms with van der Waals surface area (Å²) in [7, 11) is -2.63. The topological polar surface area (TPSA) is 128 Å². The highest BCUT2D eigenvalue weighted by atomic mass is 32.2. The number of carbonyl (C=O) groups excluding carboxylic acids is 1. The lowest BCUT2D eigenvalue weighted by Crippen LogP contribution is -2.44. The molecule has 0 spiro atoms. The summed E-state index contributed by atoms with van der Waals surface area (Å²) in [6, 6.07) is 3.43. The summed E-state index contributed by atoms with van der Waals surface area (Å²) in [4.78, 5) is 15.0. The fraction of sp³-hybridized carbons (Fsp3) is 0.611. The summed E-state index contributed by atoms with van der Waals surface area (Å²) in [5.41, 5.74) is 5.80. The molecule has 1 aromatic rings. The molecule has 1 aliphatic carbocycles. The Bertz CT molecular complexity index is 806. The van der Waals surface area contributed by atoms with Gasteiger partial charge in [-0.2, -0.15) is 0 Å². The fourth-order valence-corrected chi connectivity index (χ4v) is 4.94. The van der Waals surface area contributed by atoms with Crippen LogP contribution in [0.1, 0.15) is 48.9 Å². The Hall–Kier alpha value is -1.84. The van der Waals surface area contributed by atoms with Crippen molar-refractivity contribution in [1.29, 1.82) is 0 Å². The molecule has 150 valence electrons. The van der Waals surface area contributed by atoms with Crippen LogP contribution < -0.4 is 20.9 Å². The number of amides is 1. The number of primary sulfonamides is 1. The van der Waals surface area contributed by atoms with Gasteiger partial charge in [-0.3, -0.25) is 9.69 Å². The first-order chi connectivity index (χ1) is 12.8. The van der Waals surface area contributed by atoms with Crippen LogP contribution in [0.5, 0.6) is 5.75 Å². The highest BCUT2D eigenvalue weighted by Gasteiger charge is 2.32. The van der Waals surface area contributed by atoms with Crippen LogP contribution >= 0.6 is 0 Å². The standard InChI is InChI=1S/C18H28N4O4S/c1-26-16-10-15(19)17(27(20,24)25)9-14(16)18(23)21-11-13-7-4-8-22(13)12-5-2-3-6-12/h9-10,12-13H,2-8,11,19H2,1H3,(H,21,23)(H2,20,24,25). The van der Waals surface area contributed by atoms with Crippen LogP contribution in [0.3, 0.4) is 0 Å². The Morgan fingerprint density at radius 3 is 2.59 bits per heavy atom. The minimum absolute atomic E-state index is 0.0471. The number of ether oxygens (including phenoxy) is 1. The van der Waals surface area contributed by atoms with Crippen LogP contribution in [-0.2, 0) is 10.0 Å². The van der Waals surface area contributed by atoms with Crippen LogP contribution in [0.2, 0.25) is 0 Å². The zero-order valence-electron chi connectivity index (χ0n) is 15.6. The summed E-state index contributed by atoms with van der Waals surface area (Å²) >= 11 is 0.